The van der Waals surface area contributed by atoms with Gasteiger partial charge in [-0.2, -0.15) is 0 Å². The van der Waals surface area contributed by atoms with Gasteiger partial charge in [-0.3, -0.25) is 0 Å². The Labute approximate surface area is 135 Å². The third kappa shape index (κ3) is 1.79. The van der Waals surface area contributed by atoms with Gasteiger partial charge in [0.25, 0.3) is 0 Å². The maximum atomic E-state index is 6.19. The minimum atomic E-state index is 0.186. The number of nitrogens with zero attached hydrogens (tertiary/aromatic N) is 1. The summed E-state index contributed by atoms with van der Waals surface area (Å²) in [7, 11) is 0. The third-order valence-electron chi connectivity index (χ3n) is 4.56. The van der Waals surface area contributed by atoms with E-state index in [-0.39, 0.29) is 6.17 Å². The molecule has 0 amide bonds. The first-order valence-electron chi connectivity index (χ1n) is 7.88. The Morgan fingerprint density at radius 3 is 2.78 bits per heavy atom. The van der Waals surface area contributed by atoms with Gasteiger partial charge in [-0.05, 0) is 0 Å². The molecule has 0 spiro atoms. The number of nitrogens with one attached hydrogen (secondary N) is 1. The molecule has 3 heterocycles. The molecule has 1 unspecified atom stereocenters. The van der Waals surface area contributed by atoms with E-state index in [1.165, 1.54) is 5.58 Å². The van der Waals surface area contributed by atoms with E-state index in [0.29, 0.717) is 0 Å². The first-order chi connectivity index (χ1) is 11.3. The predicted octanol–water partition coefficient (Wildman–Crippen LogP) is 4.17. The van der Waals surface area contributed by atoms with E-state index in [0.717, 1.165) is 33.2 Å². The average molecular weight is 296 g/mol. The maximum absolute atomic E-state index is 6.19. The van der Waals surface area contributed by atoms with Gasteiger partial charge in [-0.15, -0.1) is 0 Å². The summed E-state index contributed by atoms with van der Waals surface area (Å²) in [5.41, 5.74) is 5.33. The van der Waals surface area contributed by atoms with Crippen molar-refractivity contribution in [1.29, 1.82) is 0 Å². The van der Waals surface area contributed by atoms with E-state index < -0.39 is 0 Å². The standard InChI is InChI=1S/C18H14B2N2O/c1-11-21-17-18(20-10-9-19-17)22(11)14-7-4-6-13-12-5-2-3-8-15(12)23-16(13)14/h2-11,21H,1H3. The number of fused-ring (bicyclic) bond motifs is 4. The van der Waals surface area contributed by atoms with Crippen molar-refractivity contribution in [2.45, 2.75) is 13.1 Å². The van der Waals surface area contributed by atoms with Crippen LogP contribution in [0, 0.1) is 0 Å². The Morgan fingerprint density at radius 2 is 1.83 bits per heavy atom. The van der Waals surface area contributed by atoms with E-state index in [1.807, 2.05) is 12.1 Å². The zero-order valence-electron chi connectivity index (χ0n) is 12.8. The van der Waals surface area contributed by atoms with Crippen LogP contribution in [0.25, 0.3) is 21.9 Å². The molecule has 0 bridgehead atoms. The molecule has 23 heavy (non-hydrogen) atoms. The monoisotopic (exact) mass is 296 g/mol. The second kappa shape index (κ2) is 4.72. The summed E-state index contributed by atoms with van der Waals surface area (Å²) >= 11 is 0. The van der Waals surface area contributed by atoms with E-state index in [4.69, 9.17) is 4.42 Å². The molecule has 2 aromatic heterocycles. The Hall–Kier alpha value is -2.55. The van der Waals surface area contributed by atoms with Crippen LogP contribution < -0.4 is 10.2 Å². The van der Waals surface area contributed by atoms with Crippen molar-refractivity contribution < 1.29 is 4.42 Å². The summed E-state index contributed by atoms with van der Waals surface area (Å²) in [6.07, 6.45) is 0.186. The quantitative estimate of drug-likeness (QED) is 0.571. The average Bonchev–Trinajstić information content (AvgIpc) is 3.11. The van der Waals surface area contributed by atoms with Crippen LogP contribution >= 0.6 is 0 Å². The third-order valence-corrected chi connectivity index (χ3v) is 4.56. The molecule has 5 rings (SSSR count). The van der Waals surface area contributed by atoms with Crippen molar-refractivity contribution in [1.82, 2.24) is 0 Å². The van der Waals surface area contributed by atoms with Gasteiger partial charge < -0.3 is 0 Å². The molecule has 4 aromatic rings. The molecule has 0 saturated heterocycles. The molecule has 0 radical (unpaired) electrons. The molecule has 1 atom stereocenters. The topological polar surface area (TPSA) is 28.4 Å². The molecule has 1 N–H and O–H groups in total. The van der Waals surface area contributed by atoms with Gasteiger partial charge in [0, 0.05) is 0 Å². The number of rotatable bonds is 1. The Balaban J connectivity index is 1.81. The Bertz CT molecular complexity index is 1040. The fourth-order valence-electron chi connectivity index (χ4n) is 3.56. The van der Waals surface area contributed by atoms with E-state index in [2.05, 4.69) is 73.2 Å². The normalized spacial score (nSPS) is 16.4. The van der Waals surface area contributed by atoms with Crippen LogP contribution in [0.1, 0.15) is 6.92 Å². The SMILES string of the molecule is CC1Nc2bccbc2N1c1cccc2c1oc1ccccc12. The first-order valence-corrected chi connectivity index (χ1v) is 7.88. The van der Waals surface area contributed by atoms with Crippen molar-refractivity contribution >= 4 is 52.6 Å². The number of hydrogen-bond acceptors (Lipinski definition) is 3. The van der Waals surface area contributed by atoms with Gasteiger partial charge >= 0.3 is 135 Å². The van der Waals surface area contributed by atoms with Crippen molar-refractivity contribution in [2.24, 2.45) is 0 Å². The van der Waals surface area contributed by atoms with Crippen molar-refractivity contribution in [3.63, 3.8) is 0 Å². The fourth-order valence-corrected chi connectivity index (χ4v) is 3.56. The second-order valence-electron chi connectivity index (χ2n) is 5.96. The Kier molecular flexibility index (Phi) is 2.66. The molecule has 2 aromatic carbocycles. The van der Waals surface area contributed by atoms with Gasteiger partial charge in [0.15, 0.2) is 0 Å². The molecule has 108 valence electrons. The second-order valence-corrected chi connectivity index (χ2v) is 5.96. The molecule has 0 saturated carbocycles. The van der Waals surface area contributed by atoms with Gasteiger partial charge in [0.05, 0.1) is 0 Å². The van der Waals surface area contributed by atoms with Gasteiger partial charge in [0.1, 0.15) is 0 Å². The van der Waals surface area contributed by atoms with E-state index in [1.54, 1.807) is 0 Å². The molecule has 0 aliphatic carbocycles. The van der Waals surface area contributed by atoms with Crippen LogP contribution in [-0.2, 0) is 0 Å². The molecule has 0 fully saturated rings. The first kappa shape index (κ1) is 12.9. The summed E-state index contributed by atoms with van der Waals surface area (Å²) in [6, 6.07) is 14.6. The zero-order valence-corrected chi connectivity index (χ0v) is 12.8. The summed E-state index contributed by atoms with van der Waals surface area (Å²) in [5.74, 6) is 4.13. The summed E-state index contributed by atoms with van der Waals surface area (Å²) in [6.45, 7) is 6.43. The van der Waals surface area contributed by atoms with Crippen LogP contribution in [0.2, 0.25) is 0 Å². The Morgan fingerprint density at radius 1 is 1.00 bits per heavy atom. The molecular formula is C18H14B2N2O. The summed E-state index contributed by atoms with van der Waals surface area (Å²) < 4.78 is 6.19. The van der Waals surface area contributed by atoms with Crippen LogP contribution in [0.15, 0.2) is 58.8 Å². The van der Waals surface area contributed by atoms with Crippen molar-refractivity contribution in [3.05, 3.63) is 54.4 Å². The number of hydrogen-bond donors (Lipinski definition) is 1. The summed E-state index contributed by atoms with van der Waals surface area (Å²) in [4.78, 5) is 2.31. The molecule has 1 aliphatic rings. The van der Waals surface area contributed by atoms with Gasteiger partial charge in [0.2, 0.25) is 0 Å². The van der Waals surface area contributed by atoms with Crippen LogP contribution in [0.5, 0.6) is 0 Å². The number of furan rings is 1. The minimum absolute atomic E-state index is 0.186. The fraction of sp³-hybridized carbons (Fsp3) is 0.111. The molecule has 5 heteroatoms. The number of benzene rings is 2. The molecule has 1 aliphatic heterocycles. The van der Waals surface area contributed by atoms with Gasteiger partial charge in [-0.1, -0.05) is 0 Å². The van der Waals surface area contributed by atoms with Crippen molar-refractivity contribution in [2.75, 3.05) is 10.2 Å². The van der Waals surface area contributed by atoms with E-state index in [9.17, 15) is 0 Å². The van der Waals surface area contributed by atoms with Crippen molar-refractivity contribution in [3.8, 4) is 0 Å². The van der Waals surface area contributed by atoms with Crippen LogP contribution in [0.3, 0.4) is 0 Å². The summed E-state index contributed by atoms with van der Waals surface area (Å²) in [5, 5.41) is 5.85. The molecule has 3 nitrogen and oxygen atoms in total. The molecular weight excluding hydrogens is 282 g/mol. The predicted molar refractivity (Wildman–Crippen MR) is 98.1 cm³/mol. The zero-order chi connectivity index (χ0) is 15.4. The van der Waals surface area contributed by atoms with Gasteiger partial charge in [-0.25, -0.2) is 0 Å². The van der Waals surface area contributed by atoms with Crippen LogP contribution in [0.4, 0.5) is 16.9 Å². The van der Waals surface area contributed by atoms with E-state index >= 15 is 0 Å². The number of para-hydroxylation sites is 2. The number of anilines is 3. The van der Waals surface area contributed by atoms with Crippen LogP contribution in [-0.4, -0.2) is 20.0 Å².